The lowest BCUT2D eigenvalue weighted by molar-refractivity contribution is 0.212. The zero-order valence-electron chi connectivity index (χ0n) is 15.5. The number of allylic oxidation sites excluding steroid dienone is 1. The molecule has 2 fully saturated rings. The van der Waals surface area contributed by atoms with Crippen LogP contribution in [0.3, 0.4) is 0 Å². The van der Waals surface area contributed by atoms with Gasteiger partial charge in [-0.2, -0.15) is 0 Å². The number of hydrogen-bond donors (Lipinski definition) is 2. The molecule has 0 aromatic heterocycles. The monoisotopic (exact) mass is 360 g/mol. The second-order valence-corrected chi connectivity index (χ2v) is 7.47. The highest BCUT2D eigenvalue weighted by molar-refractivity contribution is 5.15. The summed E-state index contributed by atoms with van der Waals surface area (Å²) in [5.41, 5.74) is 1.27. The van der Waals surface area contributed by atoms with Crippen molar-refractivity contribution in [2.75, 3.05) is 6.61 Å². The SMILES string of the molecule is OCCC[C@H]1O[C@@H]1CC[C@H]1O[C@@H]1CC/C=C/[C@H](O)CCc1ccccc1. The predicted molar refractivity (Wildman–Crippen MR) is 102 cm³/mol. The largest absolute Gasteiger partial charge is 0.396 e. The van der Waals surface area contributed by atoms with Gasteiger partial charge >= 0.3 is 0 Å². The minimum absolute atomic E-state index is 0.259. The second kappa shape index (κ2) is 10.2. The predicted octanol–water partition coefficient (Wildman–Crippen LogP) is 3.40. The smallest absolute Gasteiger partial charge is 0.0844 e. The van der Waals surface area contributed by atoms with Crippen LogP contribution in [0, 0.1) is 0 Å². The first-order valence-electron chi connectivity index (χ1n) is 10.1. The van der Waals surface area contributed by atoms with Crippen molar-refractivity contribution in [1.82, 2.24) is 0 Å². The molecule has 0 unspecified atom stereocenters. The van der Waals surface area contributed by atoms with Gasteiger partial charge in [-0.05, 0) is 56.9 Å². The number of benzene rings is 1. The molecule has 0 amide bonds. The van der Waals surface area contributed by atoms with Crippen LogP contribution in [0.5, 0.6) is 0 Å². The molecule has 2 aliphatic heterocycles. The Kier molecular flexibility index (Phi) is 7.69. The quantitative estimate of drug-likeness (QED) is 0.418. The Balaban J connectivity index is 1.19. The molecule has 2 saturated heterocycles. The van der Waals surface area contributed by atoms with Crippen LogP contribution in [0.15, 0.2) is 42.5 Å². The Hall–Kier alpha value is -1.20. The number of aliphatic hydroxyl groups is 2. The number of hydrogen-bond acceptors (Lipinski definition) is 4. The van der Waals surface area contributed by atoms with Gasteiger partial charge in [0.25, 0.3) is 0 Å². The number of aryl methyl sites for hydroxylation is 1. The van der Waals surface area contributed by atoms with E-state index in [1.165, 1.54) is 5.56 Å². The standard InChI is InChI=1S/C22H32O4/c23-16-6-11-20-22(26-20)15-14-21-19(25-21)10-5-4-9-18(24)13-12-17-7-2-1-3-8-17/h1-4,7-9,18-24H,5-6,10-16H2/b9-4+/t18-,19+,20+,21+,22+/m0/s1. The first kappa shape index (κ1) is 19.6. The summed E-state index contributed by atoms with van der Waals surface area (Å²) in [6.45, 7) is 0.259. The van der Waals surface area contributed by atoms with Crippen LogP contribution in [0.25, 0.3) is 0 Å². The summed E-state index contributed by atoms with van der Waals surface area (Å²) in [5.74, 6) is 0. The third-order valence-electron chi connectivity index (χ3n) is 5.31. The molecule has 5 atom stereocenters. The Morgan fingerprint density at radius 3 is 2.27 bits per heavy atom. The molecule has 1 aromatic carbocycles. The number of aliphatic hydroxyl groups excluding tert-OH is 2. The summed E-state index contributed by atoms with van der Waals surface area (Å²) in [7, 11) is 0. The van der Waals surface area contributed by atoms with Crippen molar-refractivity contribution in [3.05, 3.63) is 48.0 Å². The molecule has 4 heteroatoms. The zero-order valence-corrected chi connectivity index (χ0v) is 15.5. The third kappa shape index (κ3) is 6.84. The molecule has 0 bridgehead atoms. The molecule has 2 heterocycles. The maximum Gasteiger partial charge on any atom is 0.0844 e. The van der Waals surface area contributed by atoms with Gasteiger partial charge in [0.15, 0.2) is 0 Å². The molecule has 4 nitrogen and oxygen atoms in total. The van der Waals surface area contributed by atoms with Gasteiger partial charge < -0.3 is 19.7 Å². The average molecular weight is 360 g/mol. The minimum atomic E-state index is -0.367. The van der Waals surface area contributed by atoms with Crippen molar-refractivity contribution in [2.45, 2.75) is 81.9 Å². The number of epoxide rings is 2. The van der Waals surface area contributed by atoms with E-state index in [1.807, 2.05) is 24.3 Å². The highest BCUT2D eigenvalue weighted by Gasteiger charge is 2.42. The van der Waals surface area contributed by atoms with E-state index in [1.54, 1.807) is 0 Å². The topological polar surface area (TPSA) is 65.5 Å². The van der Waals surface area contributed by atoms with Crippen molar-refractivity contribution >= 4 is 0 Å². The first-order valence-corrected chi connectivity index (χ1v) is 10.1. The fraction of sp³-hybridized carbons (Fsp3) is 0.636. The van der Waals surface area contributed by atoms with Crippen molar-refractivity contribution in [3.8, 4) is 0 Å². The molecule has 2 aliphatic rings. The maximum absolute atomic E-state index is 10.0. The van der Waals surface area contributed by atoms with Gasteiger partial charge in [-0.1, -0.05) is 42.5 Å². The highest BCUT2D eigenvalue weighted by atomic mass is 16.6. The lowest BCUT2D eigenvalue weighted by Crippen LogP contribution is -2.04. The van der Waals surface area contributed by atoms with E-state index in [9.17, 15) is 5.11 Å². The molecule has 1 aromatic rings. The zero-order chi connectivity index (χ0) is 18.2. The van der Waals surface area contributed by atoms with Crippen molar-refractivity contribution < 1.29 is 19.7 Å². The lowest BCUT2D eigenvalue weighted by Gasteiger charge is -2.05. The van der Waals surface area contributed by atoms with Crippen molar-refractivity contribution in [3.63, 3.8) is 0 Å². The molecular formula is C22H32O4. The van der Waals surface area contributed by atoms with Crippen molar-refractivity contribution in [1.29, 1.82) is 0 Å². The van der Waals surface area contributed by atoms with E-state index in [-0.39, 0.29) is 12.7 Å². The summed E-state index contributed by atoms with van der Waals surface area (Å²) in [4.78, 5) is 0. The first-order chi connectivity index (χ1) is 12.8. The van der Waals surface area contributed by atoms with E-state index in [2.05, 4.69) is 18.2 Å². The molecule has 0 radical (unpaired) electrons. The molecule has 0 saturated carbocycles. The van der Waals surface area contributed by atoms with Gasteiger partial charge in [-0.15, -0.1) is 0 Å². The Morgan fingerprint density at radius 2 is 1.58 bits per heavy atom. The van der Waals surface area contributed by atoms with E-state index in [0.29, 0.717) is 24.4 Å². The van der Waals surface area contributed by atoms with Gasteiger partial charge in [0, 0.05) is 6.61 Å². The molecule has 3 rings (SSSR count). The fourth-order valence-electron chi connectivity index (χ4n) is 3.56. The van der Waals surface area contributed by atoms with Gasteiger partial charge in [0.05, 0.1) is 30.5 Å². The Morgan fingerprint density at radius 1 is 0.923 bits per heavy atom. The summed E-state index contributed by atoms with van der Waals surface area (Å²) in [6, 6.07) is 10.3. The van der Waals surface area contributed by atoms with Crippen LogP contribution in [0.4, 0.5) is 0 Å². The molecule has 2 N–H and O–H groups in total. The lowest BCUT2D eigenvalue weighted by atomic mass is 10.0. The van der Waals surface area contributed by atoms with Crippen LogP contribution in [0.1, 0.15) is 50.5 Å². The van der Waals surface area contributed by atoms with Crippen molar-refractivity contribution in [2.24, 2.45) is 0 Å². The van der Waals surface area contributed by atoms with E-state index >= 15 is 0 Å². The molecule has 26 heavy (non-hydrogen) atoms. The van der Waals surface area contributed by atoms with E-state index in [0.717, 1.165) is 51.4 Å². The number of rotatable bonds is 13. The third-order valence-corrected chi connectivity index (χ3v) is 5.31. The van der Waals surface area contributed by atoms with Gasteiger partial charge in [0.1, 0.15) is 0 Å². The normalized spacial score (nSPS) is 28.4. The van der Waals surface area contributed by atoms with Gasteiger partial charge in [-0.3, -0.25) is 0 Å². The van der Waals surface area contributed by atoms with Crippen LogP contribution in [-0.2, 0) is 15.9 Å². The molecule has 0 aliphatic carbocycles. The van der Waals surface area contributed by atoms with Crippen LogP contribution in [-0.4, -0.2) is 47.3 Å². The Bertz CT molecular complexity index is 544. The Labute approximate surface area is 156 Å². The van der Waals surface area contributed by atoms with Crippen LogP contribution in [0.2, 0.25) is 0 Å². The van der Waals surface area contributed by atoms with Crippen LogP contribution < -0.4 is 0 Å². The second-order valence-electron chi connectivity index (χ2n) is 7.47. The summed E-state index contributed by atoms with van der Waals surface area (Å²) in [6.07, 6.45) is 12.8. The molecule has 144 valence electrons. The number of ether oxygens (including phenoxy) is 2. The van der Waals surface area contributed by atoms with Gasteiger partial charge in [0.2, 0.25) is 0 Å². The average Bonchev–Trinajstić information content (AvgIpc) is 3.57. The minimum Gasteiger partial charge on any atom is -0.396 e. The molecule has 0 spiro atoms. The van der Waals surface area contributed by atoms with E-state index in [4.69, 9.17) is 14.6 Å². The summed E-state index contributed by atoms with van der Waals surface area (Å²) >= 11 is 0. The fourth-order valence-corrected chi connectivity index (χ4v) is 3.56. The van der Waals surface area contributed by atoms with E-state index < -0.39 is 0 Å². The summed E-state index contributed by atoms with van der Waals surface area (Å²) < 4.78 is 11.3. The highest BCUT2D eigenvalue weighted by Crippen LogP contribution is 2.36. The van der Waals surface area contributed by atoms with Gasteiger partial charge in [-0.25, -0.2) is 0 Å². The summed E-state index contributed by atoms with van der Waals surface area (Å²) in [5, 5.41) is 18.8. The van der Waals surface area contributed by atoms with Crippen LogP contribution >= 0.6 is 0 Å². The molecular weight excluding hydrogens is 328 g/mol. The maximum atomic E-state index is 10.0.